The average molecular weight is 649 g/mol. The number of hydrogen-bond acceptors (Lipinski definition) is 6. The highest BCUT2D eigenvalue weighted by Crippen LogP contribution is 2.45. The summed E-state index contributed by atoms with van der Waals surface area (Å²) in [6, 6.07) is 31.6. The molecule has 0 nitrogen and oxygen atoms in total. The van der Waals surface area contributed by atoms with Gasteiger partial charge in [0.05, 0.1) is 9.40 Å². The molecule has 6 aromatic heterocycles. The van der Waals surface area contributed by atoms with Crippen molar-refractivity contribution in [3.8, 4) is 19.5 Å². The first-order valence-corrected chi connectivity index (χ1v) is 18.5. The minimum atomic E-state index is 1.25. The molecule has 0 unspecified atom stereocenters. The van der Waals surface area contributed by atoms with Crippen molar-refractivity contribution in [1.29, 1.82) is 0 Å². The molecule has 0 aliphatic heterocycles. The molecule has 0 aliphatic rings. The van der Waals surface area contributed by atoms with Crippen LogP contribution in [-0.4, -0.2) is 0 Å². The maximum Gasteiger partial charge on any atom is 0.0542 e. The molecule has 6 heteroatoms. The maximum absolute atomic E-state index is 2.34. The van der Waals surface area contributed by atoms with Gasteiger partial charge in [0.2, 0.25) is 0 Å². The van der Waals surface area contributed by atoms with Crippen LogP contribution in [0.5, 0.6) is 0 Å². The Hall–Kier alpha value is -3.10. The van der Waals surface area contributed by atoms with Gasteiger partial charge >= 0.3 is 0 Å². The molecule has 2 aromatic carbocycles. The Kier molecular flexibility index (Phi) is 6.86. The first-order chi connectivity index (χ1) is 20.6. The number of benzene rings is 2. The largest absolute Gasteiger partial charge is 0.140 e. The van der Waals surface area contributed by atoms with Crippen LogP contribution in [0.4, 0.5) is 0 Å². The van der Waals surface area contributed by atoms with Gasteiger partial charge in [0.25, 0.3) is 0 Å². The van der Waals surface area contributed by atoms with Crippen molar-refractivity contribution >= 4 is 122 Å². The van der Waals surface area contributed by atoms with Crippen molar-refractivity contribution in [2.75, 3.05) is 0 Å². The van der Waals surface area contributed by atoms with Crippen LogP contribution >= 0.6 is 68.0 Å². The van der Waals surface area contributed by atoms with E-state index in [9.17, 15) is 0 Å². The van der Waals surface area contributed by atoms with E-state index < -0.39 is 0 Å². The third-order valence-electron chi connectivity index (χ3n) is 7.23. The number of fused-ring (bicyclic) bond motifs is 5. The lowest BCUT2D eigenvalue weighted by Crippen LogP contribution is -1.71. The second-order valence-electron chi connectivity index (χ2n) is 10.3. The summed E-state index contributed by atoms with van der Waals surface area (Å²) in [5.74, 6) is 0. The highest BCUT2D eigenvalue weighted by Gasteiger charge is 2.13. The fourth-order valence-electron chi connectivity index (χ4n) is 5.14. The van der Waals surface area contributed by atoms with Gasteiger partial charge in [0.15, 0.2) is 0 Å². The van der Waals surface area contributed by atoms with Crippen molar-refractivity contribution in [3.05, 3.63) is 116 Å². The summed E-state index contributed by atoms with van der Waals surface area (Å²) < 4.78 is 5.54. The van der Waals surface area contributed by atoms with Crippen molar-refractivity contribution in [2.45, 2.75) is 13.8 Å². The standard InChI is InChI=1S/C36H24S6/c1-21-3-15-29(37-21)31-17-11-25(39-31)9-5-23-7-13-27-33(19-23)41-36-28-14-8-24(20-34(28)42-35(27)36)6-10-26-12-18-32(40-26)30-16-4-22(2)38-30/h3-20H,1-2H3/b9-5+,10-6+. The molecule has 8 aromatic rings. The fraction of sp³-hybridized carbons (Fsp3) is 0.0556. The summed E-state index contributed by atoms with van der Waals surface area (Å²) in [5, 5.41) is 2.73. The van der Waals surface area contributed by atoms with Gasteiger partial charge in [-0.15, -0.1) is 68.0 Å². The first-order valence-electron chi connectivity index (χ1n) is 13.6. The molecule has 0 radical (unpaired) electrons. The fourth-order valence-corrected chi connectivity index (χ4v) is 11.6. The van der Waals surface area contributed by atoms with Crippen LogP contribution < -0.4 is 0 Å². The molecular weight excluding hydrogens is 625 g/mol. The quantitative estimate of drug-likeness (QED) is 0.168. The first kappa shape index (κ1) is 26.5. The van der Waals surface area contributed by atoms with Gasteiger partial charge in [-0.2, -0.15) is 0 Å². The van der Waals surface area contributed by atoms with E-state index in [0.29, 0.717) is 0 Å². The van der Waals surface area contributed by atoms with Crippen LogP contribution in [-0.2, 0) is 0 Å². The predicted octanol–water partition coefficient (Wildman–Crippen LogP) is 13.8. The van der Waals surface area contributed by atoms with Gasteiger partial charge in [0, 0.05) is 59.2 Å². The minimum absolute atomic E-state index is 1.25. The van der Waals surface area contributed by atoms with Crippen molar-refractivity contribution in [3.63, 3.8) is 0 Å². The van der Waals surface area contributed by atoms with Crippen LogP contribution in [0.3, 0.4) is 0 Å². The molecule has 0 bridgehead atoms. The molecule has 0 N–H and O–H groups in total. The topological polar surface area (TPSA) is 0 Å². The molecule has 0 aliphatic carbocycles. The molecule has 204 valence electrons. The Morgan fingerprint density at radius 3 is 1.26 bits per heavy atom. The lowest BCUT2D eigenvalue weighted by atomic mass is 10.1. The summed E-state index contributed by atoms with van der Waals surface area (Å²) in [6.45, 7) is 4.33. The smallest absolute Gasteiger partial charge is 0.0542 e. The molecular formula is C36H24S6. The number of hydrogen-bond donors (Lipinski definition) is 0. The van der Waals surface area contributed by atoms with Gasteiger partial charge in [-0.3, -0.25) is 0 Å². The SMILES string of the molecule is Cc1ccc(-c2ccc(/C=C/c3ccc4c(c3)sc3c5ccc(/C=C/c6ccc(-c7ccc(C)s7)s6)cc5sc43)s2)s1. The molecule has 0 atom stereocenters. The Bertz CT molecular complexity index is 2120. The highest BCUT2D eigenvalue weighted by atomic mass is 32.1. The van der Waals surface area contributed by atoms with E-state index >= 15 is 0 Å². The van der Waals surface area contributed by atoms with E-state index in [4.69, 9.17) is 0 Å². The lowest BCUT2D eigenvalue weighted by Gasteiger charge is -1.96. The maximum atomic E-state index is 2.34. The molecule has 0 saturated carbocycles. The van der Waals surface area contributed by atoms with Crippen LogP contribution in [0.1, 0.15) is 30.6 Å². The van der Waals surface area contributed by atoms with E-state index in [-0.39, 0.29) is 0 Å². The van der Waals surface area contributed by atoms with Gasteiger partial charge in [0.1, 0.15) is 0 Å². The molecule has 0 fully saturated rings. The van der Waals surface area contributed by atoms with E-state index in [1.165, 1.54) is 79.7 Å². The van der Waals surface area contributed by atoms with E-state index in [0.717, 1.165) is 0 Å². The molecule has 6 heterocycles. The van der Waals surface area contributed by atoms with Crippen molar-refractivity contribution < 1.29 is 0 Å². The van der Waals surface area contributed by atoms with Gasteiger partial charge < -0.3 is 0 Å². The predicted molar refractivity (Wildman–Crippen MR) is 197 cm³/mol. The molecule has 0 amide bonds. The van der Waals surface area contributed by atoms with Crippen LogP contribution in [0, 0.1) is 13.8 Å². The molecule has 0 saturated heterocycles. The van der Waals surface area contributed by atoms with Crippen LogP contribution in [0.25, 0.3) is 73.4 Å². The molecule has 42 heavy (non-hydrogen) atoms. The normalized spacial score (nSPS) is 12.3. The molecule has 8 rings (SSSR count). The zero-order valence-electron chi connectivity index (χ0n) is 22.8. The van der Waals surface area contributed by atoms with Crippen LogP contribution in [0.15, 0.2) is 84.9 Å². The summed E-state index contributed by atoms with van der Waals surface area (Å²) >= 11 is 11.3. The second kappa shape index (κ2) is 10.9. The Morgan fingerprint density at radius 1 is 0.405 bits per heavy atom. The zero-order valence-corrected chi connectivity index (χ0v) is 27.7. The van der Waals surface area contributed by atoms with E-state index in [1.807, 2.05) is 68.0 Å². The summed E-state index contributed by atoms with van der Waals surface area (Å²) in [7, 11) is 0. The Balaban J connectivity index is 1.03. The summed E-state index contributed by atoms with van der Waals surface area (Å²) in [5.41, 5.74) is 2.50. The van der Waals surface area contributed by atoms with Crippen molar-refractivity contribution in [1.82, 2.24) is 0 Å². The number of rotatable bonds is 6. The molecule has 0 spiro atoms. The zero-order chi connectivity index (χ0) is 28.2. The van der Waals surface area contributed by atoms with E-state index in [1.54, 1.807) is 0 Å². The third-order valence-corrected chi connectivity index (χ3v) is 14.2. The number of aryl methyl sites for hydroxylation is 2. The number of thiophene rings is 6. The Morgan fingerprint density at radius 2 is 0.833 bits per heavy atom. The Labute approximate surface area is 268 Å². The van der Waals surface area contributed by atoms with Gasteiger partial charge in [-0.1, -0.05) is 36.4 Å². The average Bonchev–Trinajstić information content (AvgIpc) is 3.82. The second-order valence-corrected chi connectivity index (χ2v) is 17.2. The monoisotopic (exact) mass is 648 g/mol. The summed E-state index contributed by atoms with van der Waals surface area (Å²) in [4.78, 5) is 10.7. The highest BCUT2D eigenvalue weighted by molar-refractivity contribution is 7.36. The minimum Gasteiger partial charge on any atom is -0.140 e. The van der Waals surface area contributed by atoms with Crippen LogP contribution in [0.2, 0.25) is 0 Å². The van der Waals surface area contributed by atoms with Crippen molar-refractivity contribution in [2.24, 2.45) is 0 Å². The lowest BCUT2D eigenvalue weighted by molar-refractivity contribution is 1.64. The van der Waals surface area contributed by atoms with E-state index in [2.05, 4.69) is 123 Å². The van der Waals surface area contributed by atoms with Gasteiger partial charge in [-0.25, -0.2) is 0 Å². The third kappa shape index (κ3) is 5.06. The summed E-state index contributed by atoms with van der Waals surface area (Å²) in [6.07, 6.45) is 8.99. The van der Waals surface area contributed by atoms with Gasteiger partial charge in [-0.05, 0) is 97.8 Å².